The minimum absolute atomic E-state index is 0.708. The van der Waals surface area contributed by atoms with Crippen molar-refractivity contribution in [1.29, 1.82) is 0 Å². The summed E-state index contributed by atoms with van der Waals surface area (Å²) >= 11 is 0. The first-order valence-corrected chi connectivity index (χ1v) is 10.7. The number of rotatable bonds is 7. The second-order valence-corrected chi connectivity index (χ2v) is 7.92. The number of imidazole rings is 1. The fourth-order valence-corrected chi connectivity index (χ4v) is 4.00. The molecule has 0 amide bonds. The van der Waals surface area contributed by atoms with Gasteiger partial charge in [0.1, 0.15) is 5.65 Å². The van der Waals surface area contributed by atoms with Gasteiger partial charge in [0, 0.05) is 24.5 Å². The Hall–Kier alpha value is -2.53. The number of methoxy groups -OCH3 is 1. The van der Waals surface area contributed by atoms with Crippen LogP contribution >= 0.6 is 0 Å². The van der Waals surface area contributed by atoms with Crippen LogP contribution in [0.15, 0.2) is 42.7 Å². The van der Waals surface area contributed by atoms with Crippen LogP contribution in [0.1, 0.15) is 37.7 Å². The van der Waals surface area contributed by atoms with Crippen LogP contribution in [0.3, 0.4) is 0 Å². The average Bonchev–Trinajstić information content (AvgIpc) is 2.98. The highest BCUT2D eigenvalue weighted by Crippen LogP contribution is 2.32. The molecule has 3 aromatic rings. The zero-order valence-corrected chi connectivity index (χ0v) is 17.6. The first-order chi connectivity index (χ1) is 14.2. The van der Waals surface area contributed by atoms with Crippen LogP contribution in [0.5, 0.6) is 11.5 Å². The van der Waals surface area contributed by atoms with Crippen molar-refractivity contribution in [3.63, 3.8) is 0 Å². The van der Waals surface area contributed by atoms with Crippen LogP contribution in [0.4, 0.5) is 0 Å². The lowest BCUT2D eigenvalue weighted by Crippen LogP contribution is -2.26. The minimum Gasteiger partial charge on any atom is -0.493 e. The van der Waals surface area contributed by atoms with Gasteiger partial charge >= 0.3 is 0 Å². The number of hydrogen-bond donors (Lipinski definition) is 0. The van der Waals surface area contributed by atoms with E-state index in [1.807, 2.05) is 28.9 Å². The van der Waals surface area contributed by atoms with Gasteiger partial charge in [-0.25, -0.2) is 4.98 Å². The molecule has 29 heavy (non-hydrogen) atoms. The maximum Gasteiger partial charge on any atom is 0.161 e. The molecule has 1 fully saturated rings. The topological polar surface area (TPSA) is 39.0 Å². The van der Waals surface area contributed by atoms with Crippen LogP contribution in [-0.2, 0) is 0 Å². The molecule has 0 unspecified atom stereocenters. The Bertz CT molecular complexity index is 942. The molecule has 1 aliphatic rings. The van der Waals surface area contributed by atoms with Crippen LogP contribution in [0, 0.1) is 6.92 Å². The highest BCUT2D eigenvalue weighted by atomic mass is 16.5. The van der Waals surface area contributed by atoms with Crippen molar-refractivity contribution in [3.05, 3.63) is 48.3 Å². The predicted octanol–water partition coefficient (Wildman–Crippen LogP) is 4.96. The third-order valence-corrected chi connectivity index (χ3v) is 5.65. The second kappa shape index (κ2) is 9.31. The molecule has 0 N–H and O–H groups in total. The molecule has 0 atom stereocenters. The summed E-state index contributed by atoms with van der Waals surface area (Å²) in [4.78, 5) is 7.32. The summed E-state index contributed by atoms with van der Waals surface area (Å²) in [5, 5.41) is 0. The van der Waals surface area contributed by atoms with Gasteiger partial charge in [-0.2, -0.15) is 0 Å². The molecule has 3 heterocycles. The normalized spacial score (nSPS) is 15.4. The molecule has 0 saturated carbocycles. The molecule has 0 spiro atoms. The third kappa shape index (κ3) is 4.91. The van der Waals surface area contributed by atoms with E-state index in [9.17, 15) is 0 Å². The van der Waals surface area contributed by atoms with Crippen LogP contribution in [0.2, 0.25) is 0 Å². The molecule has 0 aliphatic carbocycles. The summed E-state index contributed by atoms with van der Waals surface area (Å²) in [6, 6.07) is 10.2. The number of ether oxygens (including phenoxy) is 2. The van der Waals surface area contributed by atoms with Crippen molar-refractivity contribution < 1.29 is 9.47 Å². The summed E-state index contributed by atoms with van der Waals surface area (Å²) in [6.45, 7) is 6.37. The predicted molar refractivity (Wildman–Crippen MR) is 117 cm³/mol. The molecule has 154 valence electrons. The second-order valence-electron chi connectivity index (χ2n) is 7.92. The van der Waals surface area contributed by atoms with E-state index in [0.717, 1.165) is 41.4 Å². The fraction of sp³-hybridized carbons (Fsp3) is 0.458. The third-order valence-electron chi connectivity index (χ3n) is 5.65. The number of benzene rings is 1. The van der Waals surface area contributed by atoms with E-state index in [1.165, 1.54) is 44.3 Å². The van der Waals surface area contributed by atoms with Crippen molar-refractivity contribution in [1.82, 2.24) is 14.3 Å². The zero-order valence-electron chi connectivity index (χ0n) is 17.6. The van der Waals surface area contributed by atoms with E-state index in [1.54, 1.807) is 7.11 Å². The quantitative estimate of drug-likeness (QED) is 0.532. The minimum atomic E-state index is 0.708. The summed E-state index contributed by atoms with van der Waals surface area (Å²) < 4.78 is 13.7. The smallest absolute Gasteiger partial charge is 0.161 e. The number of nitrogens with zero attached hydrogens (tertiary/aromatic N) is 3. The molecule has 1 saturated heterocycles. The number of hydrogen-bond acceptors (Lipinski definition) is 4. The van der Waals surface area contributed by atoms with Crippen LogP contribution < -0.4 is 9.47 Å². The number of aryl methyl sites for hydroxylation is 1. The molecule has 2 aromatic heterocycles. The van der Waals surface area contributed by atoms with E-state index in [2.05, 4.69) is 30.0 Å². The lowest BCUT2D eigenvalue weighted by molar-refractivity contribution is 0.235. The van der Waals surface area contributed by atoms with Crippen LogP contribution in [-0.4, -0.2) is 47.6 Å². The standard InChI is InChI=1S/C24H31N3O2/c1-19-10-14-27-18-21(25-24(27)16-19)20-8-9-22(23(17-20)28-2)29-15-7-13-26-11-5-3-4-6-12-26/h8-10,14,16-18H,3-7,11-13,15H2,1-2H3. The Morgan fingerprint density at radius 3 is 2.62 bits per heavy atom. The van der Waals surface area contributed by atoms with Gasteiger partial charge in [0.2, 0.25) is 0 Å². The molecule has 1 aliphatic heterocycles. The van der Waals surface area contributed by atoms with Gasteiger partial charge in [-0.3, -0.25) is 0 Å². The number of likely N-dealkylation sites (tertiary alicyclic amines) is 1. The SMILES string of the molecule is COc1cc(-c2cn3ccc(C)cc3n2)ccc1OCCCN1CCCCCC1. The van der Waals surface area contributed by atoms with Gasteiger partial charge in [-0.15, -0.1) is 0 Å². The zero-order chi connectivity index (χ0) is 20.1. The van der Waals surface area contributed by atoms with E-state index < -0.39 is 0 Å². The first-order valence-electron chi connectivity index (χ1n) is 10.7. The lowest BCUT2D eigenvalue weighted by atomic mass is 10.1. The van der Waals surface area contributed by atoms with E-state index in [-0.39, 0.29) is 0 Å². The van der Waals surface area contributed by atoms with Crippen molar-refractivity contribution >= 4 is 5.65 Å². The van der Waals surface area contributed by atoms with Crippen molar-refractivity contribution in [3.8, 4) is 22.8 Å². The highest BCUT2D eigenvalue weighted by molar-refractivity contribution is 5.66. The Morgan fingerprint density at radius 2 is 1.83 bits per heavy atom. The van der Waals surface area contributed by atoms with E-state index in [4.69, 9.17) is 14.5 Å². The number of pyridine rings is 1. The van der Waals surface area contributed by atoms with Crippen molar-refractivity contribution in [2.24, 2.45) is 0 Å². The van der Waals surface area contributed by atoms with Crippen molar-refractivity contribution in [2.45, 2.75) is 39.0 Å². The van der Waals surface area contributed by atoms with E-state index >= 15 is 0 Å². The maximum absolute atomic E-state index is 6.04. The summed E-state index contributed by atoms with van der Waals surface area (Å²) in [6.07, 6.45) is 10.5. The van der Waals surface area contributed by atoms with Gasteiger partial charge in [0.05, 0.1) is 19.4 Å². The molecule has 1 aromatic carbocycles. The fourth-order valence-electron chi connectivity index (χ4n) is 4.00. The Labute approximate surface area is 173 Å². The molecule has 5 heteroatoms. The maximum atomic E-state index is 6.04. The number of aromatic nitrogens is 2. The van der Waals surface area contributed by atoms with Gasteiger partial charge in [0.15, 0.2) is 11.5 Å². The number of fused-ring (bicyclic) bond motifs is 1. The Morgan fingerprint density at radius 1 is 1.00 bits per heavy atom. The molecular weight excluding hydrogens is 362 g/mol. The largest absolute Gasteiger partial charge is 0.493 e. The molecule has 0 radical (unpaired) electrons. The monoisotopic (exact) mass is 393 g/mol. The van der Waals surface area contributed by atoms with E-state index in [0.29, 0.717) is 6.61 Å². The Kier molecular flexibility index (Phi) is 6.35. The van der Waals surface area contributed by atoms with Gasteiger partial charge in [-0.05, 0) is 75.2 Å². The van der Waals surface area contributed by atoms with Gasteiger partial charge in [-0.1, -0.05) is 12.8 Å². The van der Waals surface area contributed by atoms with Crippen molar-refractivity contribution in [2.75, 3.05) is 33.4 Å². The summed E-state index contributed by atoms with van der Waals surface area (Å²) in [7, 11) is 1.69. The summed E-state index contributed by atoms with van der Waals surface area (Å²) in [5.74, 6) is 1.55. The molecule has 4 rings (SSSR count). The summed E-state index contributed by atoms with van der Waals surface area (Å²) in [5.41, 5.74) is 4.12. The first kappa shape index (κ1) is 19.8. The molecule has 0 bridgehead atoms. The average molecular weight is 394 g/mol. The van der Waals surface area contributed by atoms with Gasteiger partial charge in [0.25, 0.3) is 0 Å². The van der Waals surface area contributed by atoms with Crippen LogP contribution in [0.25, 0.3) is 16.9 Å². The lowest BCUT2D eigenvalue weighted by Gasteiger charge is -2.19. The molecule has 5 nitrogen and oxygen atoms in total. The highest BCUT2D eigenvalue weighted by Gasteiger charge is 2.11. The van der Waals surface area contributed by atoms with Gasteiger partial charge < -0.3 is 18.8 Å². The Balaban J connectivity index is 1.39. The molecular formula is C24H31N3O2.